The smallest absolute Gasteiger partial charge is 0.378 e. The number of ether oxygens (including phenoxy) is 1. The van der Waals surface area contributed by atoms with Gasteiger partial charge in [-0.25, -0.2) is 9.78 Å². The van der Waals surface area contributed by atoms with Crippen molar-refractivity contribution in [3.05, 3.63) is 17.6 Å². The standard InChI is InChI=1S/C16H23N5O2/c1-4-11-10-13(20(2)12-8-6-5-7-9-12)21-16(17-11)18-14(19-21)15(22)23-3/h10,12H,4-9H2,1-3H3. The maximum Gasteiger partial charge on any atom is 0.378 e. The molecule has 2 aromatic rings. The molecule has 0 radical (unpaired) electrons. The Bertz CT molecular complexity index is 706. The van der Waals surface area contributed by atoms with Crippen LogP contribution >= 0.6 is 0 Å². The van der Waals surface area contributed by atoms with Gasteiger partial charge in [-0.15, -0.1) is 5.10 Å². The first-order valence-corrected chi connectivity index (χ1v) is 8.22. The van der Waals surface area contributed by atoms with Crippen molar-refractivity contribution in [3.63, 3.8) is 0 Å². The number of fused-ring (bicyclic) bond motifs is 1. The third-order valence-corrected chi connectivity index (χ3v) is 4.56. The Hall–Kier alpha value is -2.18. The summed E-state index contributed by atoms with van der Waals surface area (Å²) in [6.45, 7) is 2.06. The first-order chi connectivity index (χ1) is 11.1. The van der Waals surface area contributed by atoms with Gasteiger partial charge >= 0.3 is 5.97 Å². The van der Waals surface area contributed by atoms with Crippen molar-refractivity contribution in [3.8, 4) is 0 Å². The van der Waals surface area contributed by atoms with Gasteiger partial charge in [-0.3, -0.25) is 0 Å². The van der Waals surface area contributed by atoms with Crippen LogP contribution in [0.25, 0.3) is 5.78 Å². The molecule has 0 aliphatic heterocycles. The molecule has 0 spiro atoms. The summed E-state index contributed by atoms with van der Waals surface area (Å²) in [5, 5.41) is 4.30. The number of rotatable bonds is 4. The first-order valence-electron chi connectivity index (χ1n) is 8.22. The van der Waals surface area contributed by atoms with Crippen LogP contribution in [0.5, 0.6) is 0 Å². The lowest BCUT2D eigenvalue weighted by Gasteiger charge is -2.32. The molecule has 1 aliphatic carbocycles. The van der Waals surface area contributed by atoms with E-state index in [2.05, 4.69) is 33.9 Å². The van der Waals surface area contributed by atoms with E-state index in [0.717, 1.165) is 17.9 Å². The number of carbonyl (C=O) groups excluding carboxylic acids is 1. The fraction of sp³-hybridized carbons (Fsp3) is 0.625. The Kier molecular flexibility index (Phi) is 4.45. The lowest BCUT2D eigenvalue weighted by molar-refractivity contribution is 0.0587. The maximum atomic E-state index is 11.7. The summed E-state index contributed by atoms with van der Waals surface area (Å²) in [7, 11) is 3.41. The van der Waals surface area contributed by atoms with Crippen molar-refractivity contribution >= 4 is 17.6 Å². The molecule has 0 N–H and O–H groups in total. The van der Waals surface area contributed by atoms with Crippen LogP contribution in [0.15, 0.2) is 6.07 Å². The summed E-state index contributed by atoms with van der Waals surface area (Å²) in [4.78, 5) is 22.7. The minimum absolute atomic E-state index is 0.0477. The fourth-order valence-corrected chi connectivity index (χ4v) is 3.17. The van der Waals surface area contributed by atoms with Crippen molar-refractivity contribution in [2.24, 2.45) is 0 Å². The highest BCUT2D eigenvalue weighted by molar-refractivity contribution is 5.85. The molecular formula is C16H23N5O2. The second-order valence-corrected chi connectivity index (χ2v) is 6.00. The quantitative estimate of drug-likeness (QED) is 0.805. The van der Waals surface area contributed by atoms with E-state index < -0.39 is 5.97 Å². The third-order valence-electron chi connectivity index (χ3n) is 4.56. The van der Waals surface area contributed by atoms with Gasteiger partial charge in [0.2, 0.25) is 0 Å². The van der Waals surface area contributed by atoms with Crippen LogP contribution in [-0.4, -0.2) is 45.8 Å². The van der Waals surface area contributed by atoms with Crippen molar-refractivity contribution in [2.45, 2.75) is 51.5 Å². The zero-order chi connectivity index (χ0) is 16.4. The van der Waals surface area contributed by atoms with Gasteiger partial charge in [-0.1, -0.05) is 26.2 Å². The van der Waals surface area contributed by atoms with Gasteiger partial charge in [-0.2, -0.15) is 9.50 Å². The number of methoxy groups -OCH3 is 1. The summed E-state index contributed by atoms with van der Waals surface area (Å²) in [5.41, 5.74) is 0.943. The molecule has 0 unspecified atom stereocenters. The summed E-state index contributed by atoms with van der Waals surface area (Å²) >= 11 is 0. The molecule has 124 valence electrons. The normalized spacial score (nSPS) is 15.8. The van der Waals surface area contributed by atoms with Crippen LogP contribution in [-0.2, 0) is 11.2 Å². The molecule has 1 fully saturated rings. The highest BCUT2D eigenvalue weighted by atomic mass is 16.5. The molecule has 0 aromatic carbocycles. The Morgan fingerprint density at radius 2 is 2.09 bits per heavy atom. The van der Waals surface area contributed by atoms with E-state index in [1.165, 1.54) is 39.2 Å². The Labute approximate surface area is 135 Å². The average molecular weight is 317 g/mol. The van der Waals surface area contributed by atoms with E-state index in [9.17, 15) is 4.79 Å². The van der Waals surface area contributed by atoms with Crippen LogP contribution in [0.4, 0.5) is 5.82 Å². The highest BCUT2D eigenvalue weighted by Crippen LogP contribution is 2.26. The van der Waals surface area contributed by atoms with Crippen LogP contribution < -0.4 is 4.90 Å². The van der Waals surface area contributed by atoms with Crippen LogP contribution in [0.3, 0.4) is 0 Å². The molecule has 2 aromatic heterocycles. The van der Waals surface area contributed by atoms with Crippen LogP contribution in [0.1, 0.15) is 55.3 Å². The molecule has 7 nitrogen and oxygen atoms in total. The highest BCUT2D eigenvalue weighted by Gasteiger charge is 2.23. The first kappa shape index (κ1) is 15.7. The Morgan fingerprint density at radius 1 is 1.35 bits per heavy atom. The van der Waals surface area contributed by atoms with Gasteiger partial charge in [0.25, 0.3) is 11.6 Å². The molecule has 0 saturated heterocycles. The fourth-order valence-electron chi connectivity index (χ4n) is 3.17. The molecular weight excluding hydrogens is 294 g/mol. The van der Waals surface area contributed by atoms with E-state index in [1.54, 1.807) is 4.52 Å². The molecule has 0 amide bonds. The van der Waals surface area contributed by atoms with E-state index >= 15 is 0 Å². The minimum Gasteiger partial charge on any atom is -0.463 e. The van der Waals surface area contributed by atoms with E-state index in [0.29, 0.717) is 11.8 Å². The van der Waals surface area contributed by atoms with Crippen molar-refractivity contribution < 1.29 is 9.53 Å². The lowest BCUT2D eigenvalue weighted by atomic mass is 9.94. The van der Waals surface area contributed by atoms with Crippen molar-refractivity contribution in [1.82, 2.24) is 19.6 Å². The van der Waals surface area contributed by atoms with E-state index in [4.69, 9.17) is 4.74 Å². The van der Waals surface area contributed by atoms with E-state index in [1.807, 2.05) is 6.07 Å². The van der Waals surface area contributed by atoms with Crippen LogP contribution in [0, 0.1) is 0 Å². The van der Waals surface area contributed by atoms with Crippen molar-refractivity contribution in [1.29, 1.82) is 0 Å². The molecule has 2 heterocycles. The number of anilines is 1. The number of esters is 1. The largest absolute Gasteiger partial charge is 0.463 e. The molecule has 7 heteroatoms. The zero-order valence-corrected chi connectivity index (χ0v) is 13.9. The SMILES string of the molecule is CCc1cc(N(C)C2CCCCC2)n2nc(C(=O)OC)nc2n1. The second-order valence-electron chi connectivity index (χ2n) is 6.00. The number of aromatic nitrogens is 4. The third kappa shape index (κ3) is 3.00. The van der Waals surface area contributed by atoms with Gasteiger partial charge in [0.05, 0.1) is 7.11 Å². The molecule has 0 bridgehead atoms. The predicted molar refractivity (Wildman–Crippen MR) is 86.8 cm³/mol. The topological polar surface area (TPSA) is 72.6 Å². The number of carbonyl (C=O) groups is 1. The Balaban J connectivity index is 2.05. The van der Waals surface area contributed by atoms with Gasteiger partial charge in [-0.05, 0) is 19.3 Å². The zero-order valence-electron chi connectivity index (χ0n) is 13.9. The minimum atomic E-state index is -0.542. The molecule has 23 heavy (non-hydrogen) atoms. The molecule has 3 rings (SSSR count). The van der Waals surface area contributed by atoms with Gasteiger partial charge in [0.15, 0.2) is 0 Å². The number of aryl methyl sites for hydroxylation is 1. The average Bonchev–Trinajstić information content (AvgIpc) is 3.04. The van der Waals surface area contributed by atoms with Gasteiger partial charge in [0, 0.05) is 24.8 Å². The summed E-state index contributed by atoms with van der Waals surface area (Å²) in [6, 6.07) is 2.53. The number of hydrogen-bond donors (Lipinski definition) is 0. The molecule has 0 atom stereocenters. The van der Waals surface area contributed by atoms with Crippen molar-refractivity contribution in [2.75, 3.05) is 19.1 Å². The maximum absolute atomic E-state index is 11.7. The number of nitrogens with zero attached hydrogens (tertiary/aromatic N) is 5. The second kappa shape index (κ2) is 6.52. The molecule has 1 aliphatic rings. The van der Waals surface area contributed by atoms with Crippen LogP contribution in [0.2, 0.25) is 0 Å². The van der Waals surface area contributed by atoms with E-state index in [-0.39, 0.29) is 5.82 Å². The number of hydrogen-bond acceptors (Lipinski definition) is 6. The van der Waals surface area contributed by atoms with Gasteiger partial charge < -0.3 is 9.64 Å². The Morgan fingerprint density at radius 3 is 2.74 bits per heavy atom. The van der Waals surface area contributed by atoms with Gasteiger partial charge in [0.1, 0.15) is 5.82 Å². The molecule has 1 saturated carbocycles. The summed E-state index contributed by atoms with van der Waals surface area (Å²) < 4.78 is 6.37. The lowest BCUT2D eigenvalue weighted by Crippen LogP contribution is -2.35. The monoisotopic (exact) mass is 317 g/mol. The predicted octanol–water partition coefficient (Wildman–Crippen LogP) is 2.24. The summed E-state index contributed by atoms with van der Waals surface area (Å²) in [6.07, 6.45) is 7.00. The summed E-state index contributed by atoms with van der Waals surface area (Å²) in [5.74, 6) is 0.884.